The van der Waals surface area contributed by atoms with Crippen LogP contribution in [-0.4, -0.2) is 250 Å². The fourth-order valence-corrected chi connectivity index (χ4v) is 9.54. The van der Waals surface area contributed by atoms with Gasteiger partial charge in [-0.25, -0.2) is 0 Å². The maximum atomic E-state index is 9.38. The molecule has 23 nitrogen and oxygen atoms in total. The van der Waals surface area contributed by atoms with Gasteiger partial charge in [-0.3, -0.25) is 0 Å². The van der Waals surface area contributed by atoms with Crippen molar-refractivity contribution in [3.63, 3.8) is 0 Å². The molecule has 11 heterocycles. The van der Waals surface area contributed by atoms with Crippen LogP contribution in [0, 0.1) is 0 Å². The summed E-state index contributed by atoms with van der Waals surface area (Å²) < 4.78 is 117. The van der Waals surface area contributed by atoms with Crippen molar-refractivity contribution in [3.05, 3.63) is 173 Å². The fourth-order valence-electron chi connectivity index (χ4n) is 9.54. The summed E-state index contributed by atoms with van der Waals surface area (Å²) in [6, 6.07) is 49.2. The molecule has 1 N–H and O–H groups in total. The van der Waals surface area contributed by atoms with Crippen molar-refractivity contribution in [2.45, 2.75) is 85.6 Å². The largest absolute Gasteiger partial charge is 0.491 e. The summed E-state index contributed by atoms with van der Waals surface area (Å²) in [6.07, 6.45) is 3.45. The predicted octanol–water partition coefficient (Wildman–Crippen LogP) is 7.27. The second-order valence-corrected chi connectivity index (χ2v) is 25.6. The Morgan fingerprint density at radius 1 is 0.273 bits per heavy atom. The molecule has 6 aromatic rings. The topological polar surface area (TPSA) is 260 Å². The molecule has 11 atom stereocenters. The first kappa shape index (κ1) is 70.7. The van der Waals surface area contributed by atoms with Crippen LogP contribution in [0.3, 0.4) is 0 Å². The number of hydrogen-bond acceptors (Lipinski definition) is 23. The molecule has 0 saturated carbocycles. The smallest absolute Gasteiger partial charge is 0.123 e. The van der Waals surface area contributed by atoms with E-state index >= 15 is 0 Å². The van der Waals surface area contributed by atoms with E-state index in [9.17, 15) is 5.11 Å². The normalized spacial score (nSPS) is 25.6. The van der Waals surface area contributed by atoms with Gasteiger partial charge in [0.15, 0.2) is 0 Å². The molecule has 0 bridgehead atoms. The Hall–Kier alpha value is -6.72. The predicted molar refractivity (Wildman–Crippen MR) is 357 cm³/mol. The molecule has 0 radical (unpaired) electrons. The van der Waals surface area contributed by atoms with Crippen LogP contribution in [0.5, 0.6) is 40.2 Å². The minimum absolute atomic E-state index is 0.0717. The van der Waals surface area contributed by atoms with Crippen molar-refractivity contribution in [1.82, 2.24) is 0 Å². The molecular weight excluding hydrogens is 1280 g/mol. The van der Waals surface area contributed by atoms with E-state index in [0.29, 0.717) is 124 Å². The molecule has 23 heteroatoms. The highest BCUT2D eigenvalue weighted by Gasteiger charge is 2.30. The van der Waals surface area contributed by atoms with Gasteiger partial charge in [-0.05, 0) is 107 Å². The summed E-state index contributed by atoms with van der Waals surface area (Å²) in [5, 5.41) is 9.38. The Labute approximate surface area is 578 Å². The molecule has 0 aliphatic carbocycles. The van der Waals surface area contributed by atoms with E-state index in [2.05, 4.69) is 60.7 Å². The molecule has 0 amide bonds. The van der Waals surface area contributed by atoms with Gasteiger partial charge in [0.05, 0.1) is 126 Å². The summed E-state index contributed by atoms with van der Waals surface area (Å²) in [6.45, 7) is 17.8. The first-order valence-corrected chi connectivity index (χ1v) is 34.6. The Balaban J connectivity index is 0.000000118. The molecule has 534 valence electrons. The fraction of sp³-hybridized carbons (Fsp3) is 0.526. The first-order chi connectivity index (χ1) is 48.8. The van der Waals surface area contributed by atoms with Gasteiger partial charge in [0, 0.05) is 12.0 Å². The Morgan fingerprint density at radius 2 is 0.495 bits per heavy atom. The Bertz CT molecular complexity index is 2980. The van der Waals surface area contributed by atoms with Crippen molar-refractivity contribution in [1.29, 1.82) is 0 Å². The monoisotopic (exact) mass is 1370 g/mol. The van der Waals surface area contributed by atoms with Gasteiger partial charge in [0.25, 0.3) is 0 Å². The van der Waals surface area contributed by atoms with Gasteiger partial charge in [-0.15, -0.1) is 0 Å². The number of ether oxygens (including phenoxy) is 22. The Kier molecular flexibility index (Phi) is 26.6. The summed E-state index contributed by atoms with van der Waals surface area (Å²) in [7, 11) is 0. The van der Waals surface area contributed by atoms with E-state index in [4.69, 9.17) is 104 Å². The number of epoxide rings is 11. The highest BCUT2D eigenvalue weighted by Crippen LogP contribution is 2.36. The molecule has 0 aromatic heterocycles. The lowest BCUT2D eigenvalue weighted by Gasteiger charge is -2.20. The molecule has 0 spiro atoms. The number of benzene rings is 6. The van der Waals surface area contributed by atoms with E-state index in [0.717, 1.165) is 119 Å². The minimum Gasteiger partial charge on any atom is -0.491 e. The Morgan fingerprint density at radius 3 is 0.747 bits per heavy atom. The molecule has 11 aliphatic rings. The van der Waals surface area contributed by atoms with Crippen LogP contribution in [0.4, 0.5) is 0 Å². The lowest BCUT2D eigenvalue weighted by molar-refractivity contribution is -0.0239. The summed E-state index contributed by atoms with van der Waals surface area (Å²) >= 11 is 0. The van der Waals surface area contributed by atoms with Gasteiger partial charge in [-0.2, -0.15) is 0 Å². The third-order valence-electron chi connectivity index (χ3n) is 16.4. The lowest BCUT2D eigenvalue weighted by atomic mass is 9.85. The van der Waals surface area contributed by atoms with E-state index in [1.807, 2.05) is 84.9 Å². The van der Waals surface area contributed by atoms with Crippen LogP contribution in [0.1, 0.15) is 33.7 Å². The zero-order valence-electron chi connectivity index (χ0n) is 55.9. The molecule has 99 heavy (non-hydrogen) atoms. The van der Waals surface area contributed by atoms with Crippen LogP contribution in [0.15, 0.2) is 146 Å². The van der Waals surface area contributed by atoms with Crippen molar-refractivity contribution < 1.29 is 109 Å². The SMILES string of the molecule is C(COCC1CO1)OCC1CO1.OC(COCC1CO1)COCC1CO1.c1cc(C(c2ccc(OCC3CO3)cc2)c2ccc(OCC3CO3)cc2)ccc1OCC1CO1.c1cc(OCC2CO2)cc(OCC2CO2)c1.c1cc(OCC2CO2)ccc1Cc1ccc(OCC2CO2)cc1. The molecule has 6 aromatic carbocycles. The number of hydrogen-bond donors (Lipinski definition) is 1. The number of rotatable bonds is 41. The van der Waals surface area contributed by atoms with Crippen molar-refractivity contribution in [3.8, 4) is 40.2 Å². The lowest BCUT2D eigenvalue weighted by Crippen LogP contribution is -2.23. The van der Waals surface area contributed by atoms with E-state index in [-0.39, 0.29) is 48.6 Å². The van der Waals surface area contributed by atoms with E-state index in [1.54, 1.807) is 0 Å². The van der Waals surface area contributed by atoms with E-state index < -0.39 is 6.10 Å². The van der Waals surface area contributed by atoms with Crippen LogP contribution in [0.2, 0.25) is 0 Å². The van der Waals surface area contributed by atoms with Gasteiger partial charge < -0.3 is 109 Å². The maximum absolute atomic E-state index is 9.38. The average molecular weight is 1370 g/mol. The van der Waals surface area contributed by atoms with Gasteiger partial charge in [0.2, 0.25) is 0 Å². The summed E-state index contributed by atoms with van der Waals surface area (Å²) in [5.41, 5.74) is 6.10. The van der Waals surface area contributed by atoms with Gasteiger partial charge in [0.1, 0.15) is 160 Å². The van der Waals surface area contributed by atoms with Crippen LogP contribution in [0.25, 0.3) is 0 Å². The van der Waals surface area contributed by atoms with Crippen molar-refractivity contribution in [2.75, 3.05) is 172 Å². The van der Waals surface area contributed by atoms with Crippen molar-refractivity contribution >= 4 is 0 Å². The highest BCUT2D eigenvalue weighted by atomic mass is 16.6. The van der Waals surface area contributed by atoms with E-state index in [1.165, 1.54) is 27.8 Å². The molecular formula is C76H92O23. The second-order valence-electron chi connectivity index (χ2n) is 25.6. The molecule has 17 rings (SSSR count). The zero-order chi connectivity index (χ0) is 67.1. The summed E-state index contributed by atoms with van der Waals surface area (Å²) in [4.78, 5) is 0. The molecule has 11 fully saturated rings. The van der Waals surface area contributed by atoms with Gasteiger partial charge in [-0.1, -0.05) is 66.7 Å². The third-order valence-corrected chi connectivity index (χ3v) is 16.4. The molecule has 11 saturated heterocycles. The second kappa shape index (κ2) is 37.3. The van der Waals surface area contributed by atoms with Crippen molar-refractivity contribution in [2.24, 2.45) is 0 Å². The molecule has 11 aliphatic heterocycles. The quantitative estimate of drug-likeness (QED) is 0.0225. The maximum Gasteiger partial charge on any atom is 0.123 e. The highest BCUT2D eigenvalue weighted by molar-refractivity contribution is 5.47. The number of aliphatic hydroxyl groups excluding tert-OH is 1. The first-order valence-electron chi connectivity index (χ1n) is 34.6. The van der Waals surface area contributed by atoms with Crippen LogP contribution < -0.4 is 33.2 Å². The van der Waals surface area contributed by atoms with Gasteiger partial charge >= 0.3 is 0 Å². The number of aliphatic hydroxyl groups is 1. The minimum atomic E-state index is -0.549. The third kappa shape index (κ3) is 29.0. The van der Waals surface area contributed by atoms with Crippen LogP contribution in [-0.2, 0) is 77.5 Å². The molecule has 11 unspecified atom stereocenters. The summed E-state index contributed by atoms with van der Waals surface area (Å²) in [5.74, 6) is 6.09. The average Bonchev–Trinajstić information content (AvgIpc) is 1.58. The van der Waals surface area contributed by atoms with Crippen LogP contribution >= 0.6 is 0 Å². The zero-order valence-corrected chi connectivity index (χ0v) is 55.9. The standard InChI is InChI=1S/C28H28O6.C19H20O4.C12H14O4.C9H16O5.C8H14O4/c1-7-22(29-13-25-16-32-25)8-2-19(1)28(20-3-9-23(10-4-20)30-14-26-17-33-26)21-5-11-24(12-6-21)31-15-27-18-34-27;1-5-16(20-10-18-12-22-18)6-2-14(1)9-15-3-7-17(8-4-15)21-11-19-13-23-19;1-2-9(13-5-11-7-15-11)4-10(3-1)14-6-12-8-16-12;10-7(1-11-3-8-5-13-8)2-12-4-9-6-14-9;1(9-3-7-5-11-7)2-10-4-8-6-12-8/h1-12,25-28H,13-18H2;1-8,18-19H,9-13H2;1-4,11-12H,5-8H2;7-10H,1-6H2;7-8H,1-6H2.